The molecule has 0 radical (unpaired) electrons. The van der Waals surface area contributed by atoms with E-state index in [1.807, 2.05) is 6.92 Å². The standard InChI is InChI=1S/C19H14F2N8/c1-10(27-19-17-18(23-8-22-17)24-9-25-19)13-7-29(21)14-6-26-28-16(14)15(13)11-3-2-4-12(20)5-11/h2-10H,1H3,(H2,22,23,24,25,27). The topological polar surface area (TPSA) is 97.2 Å². The van der Waals surface area contributed by atoms with Crippen LogP contribution in [-0.4, -0.2) is 34.9 Å². The van der Waals surface area contributed by atoms with Gasteiger partial charge in [0.05, 0.1) is 18.6 Å². The molecule has 10 heteroatoms. The van der Waals surface area contributed by atoms with Crippen LogP contribution >= 0.6 is 0 Å². The van der Waals surface area contributed by atoms with E-state index in [-0.39, 0.29) is 5.69 Å². The normalized spacial score (nSPS) is 12.5. The summed E-state index contributed by atoms with van der Waals surface area (Å²) in [6, 6.07) is 5.69. The Hall–Kier alpha value is -3.95. The van der Waals surface area contributed by atoms with Crippen LogP contribution in [0.2, 0.25) is 0 Å². The molecule has 1 atom stereocenters. The molecule has 29 heavy (non-hydrogen) atoms. The second-order valence-electron chi connectivity index (χ2n) is 6.55. The quantitative estimate of drug-likeness (QED) is 0.483. The Morgan fingerprint density at radius 1 is 1.21 bits per heavy atom. The molecule has 2 aliphatic rings. The molecule has 0 spiro atoms. The second-order valence-corrected chi connectivity index (χ2v) is 6.55. The van der Waals surface area contributed by atoms with Crippen molar-refractivity contribution in [2.75, 3.05) is 5.32 Å². The van der Waals surface area contributed by atoms with Crippen molar-refractivity contribution in [1.29, 1.82) is 0 Å². The SMILES string of the molecule is CC(Nc1ncnc2nc[nH]c12)c1cn(F)c2cnnc-2c1-c1cccc(F)c1. The molecular weight excluding hydrogens is 378 g/mol. The van der Waals surface area contributed by atoms with Crippen molar-refractivity contribution in [3.8, 4) is 22.5 Å². The van der Waals surface area contributed by atoms with Crippen molar-refractivity contribution >= 4 is 17.0 Å². The fourth-order valence-corrected chi connectivity index (χ4v) is 3.41. The summed E-state index contributed by atoms with van der Waals surface area (Å²) < 4.78 is 28.6. The minimum Gasteiger partial charge on any atom is -0.362 e. The Kier molecular flexibility index (Phi) is 3.90. The first-order valence-corrected chi connectivity index (χ1v) is 8.81. The third-order valence-electron chi connectivity index (χ3n) is 4.74. The Morgan fingerprint density at radius 3 is 2.97 bits per heavy atom. The Labute approximate surface area is 163 Å². The van der Waals surface area contributed by atoms with E-state index in [0.29, 0.717) is 44.2 Å². The first-order chi connectivity index (χ1) is 14.1. The van der Waals surface area contributed by atoms with Crippen LogP contribution in [-0.2, 0) is 0 Å². The number of hydrogen-bond acceptors (Lipinski definition) is 6. The van der Waals surface area contributed by atoms with Gasteiger partial charge >= 0.3 is 0 Å². The van der Waals surface area contributed by atoms with Gasteiger partial charge in [0, 0.05) is 17.3 Å². The van der Waals surface area contributed by atoms with Crippen molar-refractivity contribution in [3.05, 3.63) is 60.7 Å². The van der Waals surface area contributed by atoms with E-state index in [2.05, 4.69) is 35.5 Å². The van der Waals surface area contributed by atoms with Crippen LogP contribution < -0.4 is 5.32 Å². The molecule has 2 aliphatic heterocycles. The maximum atomic E-state index is 14.7. The van der Waals surface area contributed by atoms with Crippen LogP contribution in [0, 0.1) is 5.82 Å². The molecule has 0 aliphatic carbocycles. The number of benzene rings is 1. The highest BCUT2D eigenvalue weighted by molar-refractivity contribution is 5.85. The van der Waals surface area contributed by atoms with Gasteiger partial charge in [-0.1, -0.05) is 16.6 Å². The summed E-state index contributed by atoms with van der Waals surface area (Å²) in [5.41, 5.74) is 3.44. The van der Waals surface area contributed by atoms with Crippen molar-refractivity contribution in [3.63, 3.8) is 0 Å². The predicted octanol–water partition coefficient (Wildman–Crippen LogP) is 3.76. The summed E-state index contributed by atoms with van der Waals surface area (Å²) >= 11 is 0. The molecule has 0 saturated heterocycles. The second kappa shape index (κ2) is 6.59. The Balaban J connectivity index is 1.67. The van der Waals surface area contributed by atoms with Crippen molar-refractivity contribution < 1.29 is 8.87 Å². The molecule has 2 N–H and O–H groups in total. The van der Waals surface area contributed by atoms with Gasteiger partial charge in [0.1, 0.15) is 29.0 Å². The van der Waals surface area contributed by atoms with Crippen LogP contribution in [0.5, 0.6) is 0 Å². The number of fused-ring (bicyclic) bond motifs is 2. The number of pyridine rings is 1. The van der Waals surface area contributed by atoms with E-state index >= 15 is 0 Å². The third-order valence-corrected chi connectivity index (χ3v) is 4.74. The fourth-order valence-electron chi connectivity index (χ4n) is 3.41. The number of rotatable bonds is 4. The zero-order chi connectivity index (χ0) is 20.0. The average molecular weight is 392 g/mol. The van der Waals surface area contributed by atoms with Crippen LogP contribution in [0.3, 0.4) is 0 Å². The van der Waals surface area contributed by atoms with Gasteiger partial charge in [0.15, 0.2) is 11.5 Å². The largest absolute Gasteiger partial charge is 0.362 e. The van der Waals surface area contributed by atoms with Crippen molar-refractivity contribution in [2.45, 2.75) is 13.0 Å². The summed E-state index contributed by atoms with van der Waals surface area (Å²) in [5, 5.41) is 11.2. The first-order valence-electron chi connectivity index (χ1n) is 8.81. The molecule has 2 aromatic heterocycles. The van der Waals surface area contributed by atoms with E-state index in [9.17, 15) is 8.87 Å². The van der Waals surface area contributed by atoms with Crippen molar-refractivity contribution in [1.82, 2.24) is 34.9 Å². The monoisotopic (exact) mass is 392 g/mol. The number of nitrogens with zero attached hydrogens (tertiary/aromatic N) is 6. The van der Waals surface area contributed by atoms with Gasteiger partial charge in [0.2, 0.25) is 0 Å². The average Bonchev–Trinajstić information content (AvgIpc) is 3.38. The molecule has 1 aromatic carbocycles. The number of hydrogen-bond donors (Lipinski definition) is 2. The highest BCUT2D eigenvalue weighted by Gasteiger charge is 2.25. The van der Waals surface area contributed by atoms with Gasteiger partial charge in [-0.2, -0.15) is 9.89 Å². The molecule has 4 heterocycles. The number of H-pyrrole nitrogens is 1. The molecule has 0 amide bonds. The van der Waals surface area contributed by atoms with Crippen LogP contribution in [0.15, 0.2) is 49.3 Å². The fraction of sp³-hybridized carbons (Fsp3) is 0.105. The maximum absolute atomic E-state index is 14.7. The van der Waals surface area contributed by atoms with Crippen LogP contribution in [0.4, 0.5) is 14.7 Å². The van der Waals surface area contributed by atoms with Crippen molar-refractivity contribution in [2.24, 2.45) is 0 Å². The van der Waals surface area contributed by atoms with E-state index in [1.165, 1.54) is 37.2 Å². The van der Waals surface area contributed by atoms with Gasteiger partial charge in [0.25, 0.3) is 0 Å². The highest BCUT2D eigenvalue weighted by atomic mass is 19.2. The minimum atomic E-state index is -0.405. The van der Waals surface area contributed by atoms with E-state index in [0.717, 1.165) is 0 Å². The molecule has 3 aromatic rings. The lowest BCUT2D eigenvalue weighted by atomic mass is 9.94. The Morgan fingerprint density at radius 2 is 2.10 bits per heavy atom. The molecule has 0 saturated carbocycles. The third kappa shape index (κ3) is 2.85. The maximum Gasteiger partial charge on any atom is 0.182 e. The molecule has 5 rings (SSSR count). The number of aromatic amines is 1. The lowest BCUT2D eigenvalue weighted by Gasteiger charge is -2.21. The van der Waals surface area contributed by atoms with E-state index in [4.69, 9.17) is 0 Å². The van der Waals surface area contributed by atoms with Crippen LogP contribution in [0.1, 0.15) is 18.5 Å². The van der Waals surface area contributed by atoms with Gasteiger partial charge in [-0.25, -0.2) is 19.3 Å². The molecule has 0 fully saturated rings. The van der Waals surface area contributed by atoms with Gasteiger partial charge in [-0.3, -0.25) is 0 Å². The zero-order valence-corrected chi connectivity index (χ0v) is 15.1. The van der Waals surface area contributed by atoms with E-state index < -0.39 is 11.9 Å². The predicted molar refractivity (Wildman–Crippen MR) is 102 cm³/mol. The summed E-state index contributed by atoms with van der Waals surface area (Å²) in [6.45, 7) is 1.85. The van der Waals surface area contributed by atoms with E-state index in [1.54, 1.807) is 12.1 Å². The number of halogens is 2. The van der Waals surface area contributed by atoms with Gasteiger partial charge in [-0.15, -0.1) is 5.10 Å². The summed E-state index contributed by atoms with van der Waals surface area (Å²) in [6.07, 6.45) is 5.59. The summed E-state index contributed by atoms with van der Waals surface area (Å²) in [7, 11) is 0. The summed E-state index contributed by atoms with van der Waals surface area (Å²) in [5.74, 6) is 0.123. The zero-order valence-electron chi connectivity index (χ0n) is 15.1. The Bertz CT molecular complexity index is 1290. The lowest BCUT2D eigenvalue weighted by Crippen LogP contribution is -2.13. The molecule has 0 bridgehead atoms. The molecule has 8 nitrogen and oxygen atoms in total. The molecular formula is C19H14F2N8. The number of imidazole rings is 1. The van der Waals surface area contributed by atoms with Crippen LogP contribution in [0.25, 0.3) is 33.7 Å². The summed E-state index contributed by atoms with van der Waals surface area (Å²) in [4.78, 5) is 15.9. The highest BCUT2D eigenvalue weighted by Crippen LogP contribution is 2.39. The number of aromatic nitrogens is 7. The minimum absolute atomic E-state index is 0.207. The molecule has 1 unspecified atom stereocenters. The van der Waals surface area contributed by atoms with Gasteiger partial charge < -0.3 is 10.3 Å². The van der Waals surface area contributed by atoms with Gasteiger partial charge in [-0.05, 0) is 24.6 Å². The number of anilines is 1. The lowest BCUT2D eigenvalue weighted by molar-refractivity contribution is 0.370. The smallest absolute Gasteiger partial charge is 0.182 e. The molecule has 144 valence electrons. The number of nitrogens with one attached hydrogen (secondary N) is 2. The first kappa shape index (κ1) is 17.2.